The van der Waals surface area contributed by atoms with Crippen molar-refractivity contribution in [1.29, 1.82) is 0 Å². The third-order valence-corrected chi connectivity index (χ3v) is 6.17. The van der Waals surface area contributed by atoms with Crippen molar-refractivity contribution in [3.05, 3.63) is 90.5 Å². The number of benzene rings is 3. The minimum Gasteiger partial charge on any atom is -0.487 e. The molecule has 0 saturated carbocycles. The first-order chi connectivity index (χ1) is 16.7. The van der Waals surface area contributed by atoms with Crippen LogP contribution in [0.4, 0.5) is 15.9 Å². The van der Waals surface area contributed by atoms with Crippen LogP contribution in [0.5, 0.6) is 5.75 Å². The molecule has 1 N–H and O–H groups in total. The van der Waals surface area contributed by atoms with Crippen LogP contribution in [0.2, 0.25) is 0 Å². The average molecular weight is 457 g/mol. The van der Waals surface area contributed by atoms with Crippen molar-refractivity contribution in [2.24, 2.45) is 5.92 Å². The first kappa shape index (κ1) is 21.8. The van der Waals surface area contributed by atoms with Crippen LogP contribution in [0, 0.1) is 11.7 Å². The van der Waals surface area contributed by atoms with E-state index in [9.17, 15) is 9.18 Å². The molecule has 1 aliphatic heterocycles. The zero-order valence-corrected chi connectivity index (χ0v) is 18.7. The normalized spacial score (nSPS) is 14.2. The number of nitrogens with one attached hydrogen (secondary N) is 1. The Bertz CT molecular complexity index is 1300. The molecule has 0 unspecified atom stereocenters. The van der Waals surface area contributed by atoms with Crippen molar-refractivity contribution in [1.82, 2.24) is 9.97 Å². The Balaban J connectivity index is 1.22. The third kappa shape index (κ3) is 4.69. The van der Waals surface area contributed by atoms with Crippen molar-refractivity contribution in [3.8, 4) is 5.75 Å². The van der Waals surface area contributed by atoms with Crippen LogP contribution in [0.25, 0.3) is 10.9 Å². The van der Waals surface area contributed by atoms with Crippen LogP contribution >= 0.6 is 0 Å². The van der Waals surface area contributed by atoms with E-state index in [1.54, 1.807) is 36.7 Å². The zero-order chi connectivity index (χ0) is 23.3. The number of rotatable bonds is 6. The molecule has 0 aliphatic carbocycles. The minimum absolute atomic E-state index is 0.0332. The molecule has 5 rings (SSSR count). The molecule has 0 atom stereocenters. The predicted octanol–water partition coefficient (Wildman–Crippen LogP) is 5.20. The minimum atomic E-state index is -0.313. The Morgan fingerprint density at radius 1 is 0.971 bits per heavy atom. The second-order valence-electron chi connectivity index (χ2n) is 8.34. The van der Waals surface area contributed by atoms with E-state index in [0.717, 1.165) is 42.7 Å². The zero-order valence-electron chi connectivity index (χ0n) is 18.7. The number of carbonyl (C=O) groups excluding carboxylic acids is 1. The highest BCUT2D eigenvalue weighted by atomic mass is 19.1. The molecule has 1 saturated heterocycles. The molecular weight excluding hydrogens is 431 g/mol. The van der Waals surface area contributed by atoms with E-state index in [0.29, 0.717) is 17.0 Å². The Hall–Kier alpha value is -4.00. The summed E-state index contributed by atoms with van der Waals surface area (Å²) in [5, 5.41) is 4.04. The molecule has 2 heterocycles. The first-order valence-electron chi connectivity index (χ1n) is 11.4. The summed E-state index contributed by atoms with van der Waals surface area (Å²) < 4.78 is 19.8. The number of hydrogen-bond donors (Lipinski definition) is 1. The van der Waals surface area contributed by atoms with Gasteiger partial charge in [0.2, 0.25) is 5.91 Å². The Morgan fingerprint density at radius 3 is 2.56 bits per heavy atom. The summed E-state index contributed by atoms with van der Waals surface area (Å²) in [6, 6.07) is 21.7. The number of piperidine rings is 1. The van der Waals surface area contributed by atoms with E-state index in [-0.39, 0.29) is 24.2 Å². The topological polar surface area (TPSA) is 67.3 Å². The standard InChI is InChI=1S/C27H25FN4O2/c28-22-9-3-1-7-20(22)17-34-25-12-6-5-11-24(25)31-27(33)19-13-15-32(16-14-19)26-21-8-2-4-10-23(21)29-18-30-26/h1-12,18-19H,13-17H2,(H,31,33). The number of carbonyl (C=O) groups is 1. The summed E-state index contributed by atoms with van der Waals surface area (Å²) >= 11 is 0. The summed E-state index contributed by atoms with van der Waals surface area (Å²) in [5.74, 6) is 0.977. The lowest BCUT2D eigenvalue weighted by Crippen LogP contribution is -2.38. The highest BCUT2D eigenvalue weighted by molar-refractivity contribution is 5.94. The number of para-hydroxylation sites is 3. The van der Waals surface area contributed by atoms with Crippen molar-refractivity contribution < 1.29 is 13.9 Å². The largest absolute Gasteiger partial charge is 0.487 e. The van der Waals surface area contributed by atoms with Gasteiger partial charge in [-0.25, -0.2) is 14.4 Å². The van der Waals surface area contributed by atoms with Gasteiger partial charge in [-0.2, -0.15) is 0 Å². The highest BCUT2D eigenvalue weighted by Gasteiger charge is 2.27. The van der Waals surface area contributed by atoms with Crippen molar-refractivity contribution in [2.75, 3.05) is 23.3 Å². The molecule has 0 bridgehead atoms. The van der Waals surface area contributed by atoms with Gasteiger partial charge in [-0.3, -0.25) is 4.79 Å². The van der Waals surface area contributed by atoms with E-state index < -0.39 is 0 Å². The van der Waals surface area contributed by atoms with Gasteiger partial charge in [-0.15, -0.1) is 0 Å². The van der Waals surface area contributed by atoms with Crippen LogP contribution in [0.3, 0.4) is 0 Å². The SMILES string of the molecule is O=C(Nc1ccccc1OCc1ccccc1F)C1CCN(c2ncnc3ccccc23)CC1. The van der Waals surface area contributed by atoms with Gasteiger partial charge in [-0.1, -0.05) is 42.5 Å². The lowest BCUT2D eigenvalue weighted by Gasteiger charge is -2.32. The Morgan fingerprint density at radius 2 is 1.71 bits per heavy atom. The molecule has 6 nitrogen and oxygen atoms in total. The molecule has 34 heavy (non-hydrogen) atoms. The molecule has 4 aromatic rings. The smallest absolute Gasteiger partial charge is 0.227 e. The van der Waals surface area contributed by atoms with Gasteiger partial charge in [0.25, 0.3) is 0 Å². The van der Waals surface area contributed by atoms with Gasteiger partial charge in [-0.05, 0) is 43.2 Å². The van der Waals surface area contributed by atoms with E-state index >= 15 is 0 Å². The molecule has 3 aromatic carbocycles. The van der Waals surface area contributed by atoms with Gasteiger partial charge in [0.1, 0.15) is 30.3 Å². The van der Waals surface area contributed by atoms with Crippen molar-refractivity contribution >= 4 is 28.3 Å². The molecule has 0 radical (unpaired) electrons. The Kier molecular flexibility index (Phi) is 6.33. The molecule has 1 aromatic heterocycles. The number of nitrogens with zero attached hydrogens (tertiary/aromatic N) is 3. The molecule has 0 spiro atoms. The van der Waals surface area contributed by atoms with Gasteiger partial charge >= 0.3 is 0 Å². The summed E-state index contributed by atoms with van der Waals surface area (Å²) in [7, 11) is 0. The summed E-state index contributed by atoms with van der Waals surface area (Å²) in [4.78, 5) is 24.1. The van der Waals surface area contributed by atoms with Crippen molar-refractivity contribution in [2.45, 2.75) is 19.4 Å². The average Bonchev–Trinajstić information content (AvgIpc) is 2.89. The molecule has 1 fully saturated rings. The van der Waals surface area contributed by atoms with Crippen LogP contribution in [-0.4, -0.2) is 29.0 Å². The first-order valence-corrected chi connectivity index (χ1v) is 11.4. The lowest BCUT2D eigenvalue weighted by atomic mass is 9.95. The predicted molar refractivity (Wildman–Crippen MR) is 130 cm³/mol. The van der Waals surface area contributed by atoms with Crippen LogP contribution in [0.1, 0.15) is 18.4 Å². The summed E-state index contributed by atoms with van der Waals surface area (Å²) in [6.07, 6.45) is 3.04. The molecule has 172 valence electrons. The number of halogens is 1. The fourth-order valence-electron chi connectivity index (χ4n) is 4.30. The summed E-state index contributed by atoms with van der Waals surface area (Å²) in [5.41, 5.74) is 1.97. The van der Waals surface area contributed by atoms with E-state index in [1.807, 2.05) is 36.4 Å². The molecular formula is C27H25FN4O2. The Labute approximate surface area is 197 Å². The van der Waals surface area contributed by atoms with E-state index in [2.05, 4.69) is 20.2 Å². The van der Waals surface area contributed by atoms with E-state index in [4.69, 9.17) is 4.74 Å². The van der Waals surface area contributed by atoms with Crippen LogP contribution in [-0.2, 0) is 11.4 Å². The van der Waals surface area contributed by atoms with Gasteiger partial charge in [0, 0.05) is 30.0 Å². The quantitative estimate of drug-likeness (QED) is 0.432. The maximum atomic E-state index is 13.9. The fourth-order valence-corrected chi connectivity index (χ4v) is 4.30. The number of fused-ring (bicyclic) bond motifs is 1. The number of amides is 1. The third-order valence-electron chi connectivity index (χ3n) is 6.17. The maximum Gasteiger partial charge on any atom is 0.227 e. The van der Waals surface area contributed by atoms with Crippen LogP contribution < -0.4 is 15.0 Å². The molecule has 7 heteroatoms. The van der Waals surface area contributed by atoms with E-state index in [1.165, 1.54) is 6.07 Å². The molecule has 1 amide bonds. The van der Waals surface area contributed by atoms with Gasteiger partial charge in [0.05, 0.1) is 11.2 Å². The van der Waals surface area contributed by atoms with Crippen molar-refractivity contribution in [3.63, 3.8) is 0 Å². The number of aromatic nitrogens is 2. The summed E-state index contributed by atoms with van der Waals surface area (Å²) in [6.45, 7) is 1.57. The second kappa shape index (κ2) is 9.87. The van der Waals surface area contributed by atoms with Gasteiger partial charge < -0.3 is 15.0 Å². The second-order valence-corrected chi connectivity index (χ2v) is 8.34. The maximum absolute atomic E-state index is 13.9. The highest BCUT2D eigenvalue weighted by Crippen LogP contribution is 2.30. The van der Waals surface area contributed by atoms with Crippen LogP contribution in [0.15, 0.2) is 79.1 Å². The fraction of sp³-hybridized carbons (Fsp3) is 0.222. The number of hydrogen-bond acceptors (Lipinski definition) is 5. The number of ether oxygens (including phenoxy) is 1. The van der Waals surface area contributed by atoms with Gasteiger partial charge in [0.15, 0.2) is 0 Å². The number of anilines is 2. The lowest BCUT2D eigenvalue weighted by molar-refractivity contribution is -0.120. The molecule has 1 aliphatic rings. The monoisotopic (exact) mass is 456 g/mol.